The maximum absolute atomic E-state index is 13.8. The zero-order valence-corrected chi connectivity index (χ0v) is 12.8. The number of anilines is 1. The van der Waals surface area contributed by atoms with Gasteiger partial charge in [0.15, 0.2) is 0 Å². The Balaban J connectivity index is 3.19. The van der Waals surface area contributed by atoms with Crippen molar-refractivity contribution >= 4 is 21.7 Å². The molecular formula is C13H19FN2O4S. The van der Waals surface area contributed by atoms with E-state index in [9.17, 15) is 17.6 Å². The summed E-state index contributed by atoms with van der Waals surface area (Å²) >= 11 is 0. The number of hydrogen-bond donors (Lipinski definition) is 1. The van der Waals surface area contributed by atoms with Gasteiger partial charge < -0.3 is 10.5 Å². The van der Waals surface area contributed by atoms with Crippen LogP contribution in [0.1, 0.15) is 20.3 Å². The summed E-state index contributed by atoms with van der Waals surface area (Å²) in [5.74, 6) is -1.63. The Bertz CT molecular complexity index is 584. The molecule has 0 heterocycles. The van der Waals surface area contributed by atoms with Crippen LogP contribution in [0.4, 0.5) is 10.1 Å². The number of carbonyl (C=O) groups is 1. The van der Waals surface area contributed by atoms with Crippen LogP contribution in [0.3, 0.4) is 0 Å². The molecule has 1 rings (SSSR count). The van der Waals surface area contributed by atoms with Gasteiger partial charge in [0.05, 0.1) is 12.3 Å². The van der Waals surface area contributed by atoms with Crippen LogP contribution in [0.5, 0.6) is 0 Å². The number of benzene rings is 1. The minimum absolute atomic E-state index is 0.0644. The van der Waals surface area contributed by atoms with E-state index < -0.39 is 33.3 Å². The summed E-state index contributed by atoms with van der Waals surface area (Å²) in [4.78, 5) is 10.9. The summed E-state index contributed by atoms with van der Waals surface area (Å²) in [7, 11) is -4.21. The highest BCUT2D eigenvalue weighted by molar-refractivity contribution is 7.89. The molecule has 0 bridgehead atoms. The molecule has 0 spiro atoms. The number of nitrogens with zero attached hydrogens (tertiary/aromatic N) is 1. The van der Waals surface area contributed by atoms with Crippen LogP contribution in [0, 0.1) is 5.82 Å². The first-order chi connectivity index (χ1) is 9.84. The van der Waals surface area contributed by atoms with Crippen molar-refractivity contribution in [2.75, 3.05) is 25.4 Å². The maximum Gasteiger partial charge on any atom is 0.321 e. The molecule has 1 aromatic carbocycles. The SMILES string of the molecule is CCCN(CC(=O)OCC)S(=O)(=O)c1c(N)cccc1F. The number of esters is 1. The quantitative estimate of drug-likeness (QED) is 0.606. The van der Waals surface area contributed by atoms with Crippen LogP contribution >= 0.6 is 0 Å². The number of carbonyl (C=O) groups excluding carboxylic acids is 1. The van der Waals surface area contributed by atoms with Gasteiger partial charge in [-0.2, -0.15) is 4.31 Å². The molecule has 118 valence electrons. The Morgan fingerprint density at radius 3 is 2.57 bits per heavy atom. The molecule has 2 N–H and O–H groups in total. The Kier molecular flexibility index (Phi) is 6.10. The summed E-state index contributed by atoms with van der Waals surface area (Å²) in [5, 5.41) is 0. The zero-order valence-electron chi connectivity index (χ0n) is 12.0. The van der Waals surface area contributed by atoms with E-state index in [0.29, 0.717) is 6.42 Å². The Morgan fingerprint density at radius 1 is 1.38 bits per heavy atom. The van der Waals surface area contributed by atoms with Crippen molar-refractivity contribution in [3.8, 4) is 0 Å². The van der Waals surface area contributed by atoms with Crippen LogP contribution < -0.4 is 5.73 Å². The number of hydrogen-bond acceptors (Lipinski definition) is 5. The van der Waals surface area contributed by atoms with Gasteiger partial charge in [0, 0.05) is 6.54 Å². The second-order valence-corrected chi connectivity index (χ2v) is 6.18. The first-order valence-electron chi connectivity index (χ1n) is 6.54. The largest absolute Gasteiger partial charge is 0.465 e. The Labute approximate surface area is 123 Å². The van der Waals surface area contributed by atoms with Gasteiger partial charge in [-0.15, -0.1) is 0 Å². The fourth-order valence-electron chi connectivity index (χ4n) is 1.81. The molecule has 8 heteroatoms. The van der Waals surface area contributed by atoms with Crippen molar-refractivity contribution in [3.05, 3.63) is 24.0 Å². The van der Waals surface area contributed by atoms with Crippen molar-refractivity contribution in [3.63, 3.8) is 0 Å². The van der Waals surface area contributed by atoms with E-state index in [2.05, 4.69) is 0 Å². The van der Waals surface area contributed by atoms with E-state index in [0.717, 1.165) is 10.4 Å². The highest BCUT2D eigenvalue weighted by Gasteiger charge is 2.30. The van der Waals surface area contributed by atoms with Gasteiger partial charge in [-0.05, 0) is 25.5 Å². The van der Waals surface area contributed by atoms with Crippen LogP contribution in [-0.4, -0.2) is 38.4 Å². The molecule has 0 radical (unpaired) electrons. The van der Waals surface area contributed by atoms with Gasteiger partial charge in [-0.1, -0.05) is 13.0 Å². The molecule has 21 heavy (non-hydrogen) atoms. The van der Waals surface area contributed by atoms with Crippen LogP contribution in [0.15, 0.2) is 23.1 Å². The van der Waals surface area contributed by atoms with Crippen LogP contribution in [-0.2, 0) is 19.6 Å². The van der Waals surface area contributed by atoms with Gasteiger partial charge in [0.2, 0.25) is 10.0 Å². The number of nitrogen functional groups attached to an aromatic ring is 1. The molecule has 0 aliphatic heterocycles. The number of ether oxygens (including phenoxy) is 1. The molecule has 0 aromatic heterocycles. The summed E-state index contributed by atoms with van der Waals surface area (Å²) in [5.41, 5.74) is 5.37. The molecule has 0 aliphatic carbocycles. The van der Waals surface area contributed by atoms with E-state index in [1.807, 2.05) is 0 Å². The number of sulfonamides is 1. The second-order valence-electron chi connectivity index (χ2n) is 4.30. The van der Waals surface area contributed by atoms with Gasteiger partial charge in [0.1, 0.15) is 17.3 Å². The lowest BCUT2D eigenvalue weighted by molar-refractivity contribution is -0.143. The average molecular weight is 318 g/mol. The molecule has 0 saturated heterocycles. The molecule has 0 fully saturated rings. The van der Waals surface area contributed by atoms with Crippen molar-refractivity contribution < 1.29 is 22.3 Å². The molecular weight excluding hydrogens is 299 g/mol. The molecule has 1 aromatic rings. The first kappa shape index (κ1) is 17.4. The van der Waals surface area contributed by atoms with Crippen molar-refractivity contribution in [1.82, 2.24) is 4.31 Å². The Morgan fingerprint density at radius 2 is 2.05 bits per heavy atom. The predicted molar refractivity (Wildman–Crippen MR) is 76.5 cm³/mol. The average Bonchev–Trinajstić information content (AvgIpc) is 2.38. The summed E-state index contributed by atoms with van der Waals surface area (Å²) < 4.78 is 44.4. The van der Waals surface area contributed by atoms with Crippen LogP contribution in [0.25, 0.3) is 0 Å². The standard InChI is InChI=1S/C13H19FN2O4S/c1-3-8-16(9-12(17)20-4-2)21(18,19)13-10(14)6-5-7-11(13)15/h5-7H,3-4,8-9,15H2,1-2H3. The topological polar surface area (TPSA) is 89.7 Å². The molecule has 0 saturated carbocycles. The lowest BCUT2D eigenvalue weighted by Gasteiger charge is -2.21. The zero-order chi connectivity index (χ0) is 16.0. The third-order valence-electron chi connectivity index (χ3n) is 2.68. The highest BCUT2D eigenvalue weighted by Crippen LogP contribution is 2.25. The summed E-state index contributed by atoms with van der Waals surface area (Å²) in [6, 6.07) is 3.63. The number of rotatable bonds is 7. The minimum Gasteiger partial charge on any atom is -0.465 e. The molecule has 0 unspecified atom stereocenters. The molecule has 0 aliphatic rings. The lowest BCUT2D eigenvalue weighted by Crippen LogP contribution is -2.37. The van der Waals surface area contributed by atoms with Crippen molar-refractivity contribution in [2.45, 2.75) is 25.2 Å². The molecule has 6 nitrogen and oxygen atoms in total. The van der Waals surface area contributed by atoms with E-state index in [1.54, 1.807) is 13.8 Å². The van der Waals surface area contributed by atoms with Crippen LogP contribution in [0.2, 0.25) is 0 Å². The van der Waals surface area contributed by atoms with Gasteiger partial charge in [-0.25, -0.2) is 12.8 Å². The monoisotopic (exact) mass is 318 g/mol. The number of nitrogens with two attached hydrogens (primary N) is 1. The summed E-state index contributed by atoms with van der Waals surface area (Å²) in [6.07, 6.45) is 0.465. The smallest absolute Gasteiger partial charge is 0.321 e. The fourth-order valence-corrected chi connectivity index (χ4v) is 3.45. The maximum atomic E-state index is 13.8. The highest BCUT2D eigenvalue weighted by atomic mass is 32.2. The minimum atomic E-state index is -4.21. The fraction of sp³-hybridized carbons (Fsp3) is 0.462. The lowest BCUT2D eigenvalue weighted by atomic mass is 10.3. The van der Waals surface area contributed by atoms with Crippen molar-refractivity contribution in [1.29, 1.82) is 0 Å². The van der Waals surface area contributed by atoms with Gasteiger partial charge in [0.25, 0.3) is 0 Å². The van der Waals surface area contributed by atoms with Crippen molar-refractivity contribution in [2.24, 2.45) is 0 Å². The number of halogens is 1. The first-order valence-corrected chi connectivity index (χ1v) is 7.98. The predicted octanol–water partition coefficient (Wildman–Crippen LogP) is 1.37. The van der Waals surface area contributed by atoms with E-state index in [-0.39, 0.29) is 18.8 Å². The molecule has 0 atom stereocenters. The van der Waals surface area contributed by atoms with E-state index in [4.69, 9.17) is 10.5 Å². The second kappa shape index (κ2) is 7.37. The third kappa shape index (κ3) is 4.15. The van der Waals surface area contributed by atoms with Gasteiger partial charge >= 0.3 is 5.97 Å². The Hall–Kier alpha value is -1.67. The van der Waals surface area contributed by atoms with E-state index >= 15 is 0 Å². The normalized spacial score (nSPS) is 11.6. The van der Waals surface area contributed by atoms with E-state index in [1.165, 1.54) is 12.1 Å². The molecule has 0 amide bonds. The van der Waals surface area contributed by atoms with Gasteiger partial charge in [-0.3, -0.25) is 4.79 Å². The summed E-state index contributed by atoms with van der Waals surface area (Å²) in [6.45, 7) is 3.09. The third-order valence-corrected chi connectivity index (χ3v) is 4.62.